The zero-order chi connectivity index (χ0) is 15.2. The molecular formula is C18H22ClNO. The first kappa shape index (κ1) is 15.9. The molecule has 1 atom stereocenters. The van der Waals surface area contributed by atoms with E-state index in [0.29, 0.717) is 5.02 Å². The first-order valence-electron chi connectivity index (χ1n) is 7.43. The summed E-state index contributed by atoms with van der Waals surface area (Å²) in [7, 11) is 0. The van der Waals surface area contributed by atoms with Crippen LogP contribution in [0.1, 0.15) is 38.4 Å². The van der Waals surface area contributed by atoms with Gasteiger partial charge in [0, 0.05) is 22.9 Å². The van der Waals surface area contributed by atoms with Gasteiger partial charge in [0.05, 0.1) is 6.10 Å². The third-order valence-corrected chi connectivity index (χ3v) is 3.88. The summed E-state index contributed by atoms with van der Waals surface area (Å²) in [6, 6.07) is 16.2. The Labute approximate surface area is 132 Å². The number of hydrogen-bond donors (Lipinski definition) is 1. The molecule has 2 rings (SSSR count). The number of aliphatic hydroxyl groups is 1. The van der Waals surface area contributed by atoms with Crippen molar-refractivity contribution in [3.63, 3.8) is 0 Å². The van der Waals surface area contributed by atoms with Crippen LogP contribution in [0, 0.1) is 0 Å². The van der Waals surface area contributed by atoms with Crippen molar-refractivity contribution in [2.24, 2.45) is 0 Å². The zero-order valence-corrected chi connectivity index (χ0v) is 13.3. The Bertz CT molecular complexity index is 569. The molecule has 0 saturated heterocycles. The summed E-state index contributed by atoms with van der Waals surface area (Å²) in [6.07, 6.45) is 1.71. The normalized spacial score (nSPS) is 12.2. The van der Waals surface area contributed by atoms with Crippen molar-refractivity contribution in [3.05, 3.63) is 59.1 Å². The molecule has 21 heavy (non-hydrogen) atoms. The molecule has 0 aromatic heterocycles. The van der Waals surface area contributed by atoms with Crippen LogP contribution in [0.25, 0.3) is 0 Å². The Morgan fingerprint density at radius 1 is 1.10 bits per heavy atom. The van der Waals surface area contributed by atoms with Gasteiger partial charge in [0.15, 0.2) is 0 Å². The van der Waals surface area contributed by atoms with Crippen molar-refractivity contribution in [3.8, 4) is 0 Å². The van der Waals surface area contributed by atoms with Crippen LogP contribution in [-0.4, -0.2) is 11.7 Å². The van der Waals surface area contributed by atoms with E-state index < -0.39 is 6.10 Å². The van der Waals surface area contributed by atoms with Crippen LogP contribution in [0.3, 0.4) is 0 Å². The number of halogens is 1. The second kappa shape index (κ2) is 7.48. The molecule has 0 aliphatic carbocycles. The fourth-order valence-corrected chi connectivity index (χ4v) is 2.69. The fraction of sp³-hybridized carbons (Fsp3) is 0.333. The van der Waals surface area contributed by atoms with Crippen LogP contribution in [0.15, 0.2) is 48.5 Å². The number of unbranched alkanes of at least 4 members (excludes halogenated alkanes) is 1. The summed E-state index contributed by atoms with van der Waals surface area (Å²) < 4.78 is 0. The van der Waals surface area contributed by atoms with Gasteiger partial charge in [-0.3, -0.25) is 0 Å². The SMILES string of the molecule is CCCCN(c1ccccc1)c1ccc(C(C)O)c(Cl)c1. The quantitative estimate of drug-likeness (QED) is 0.779. The zero-order valence-electron chi connectivity index (χ0n) is 12.6. The molecule has 2 nitrogen and oxygen atoms in total. The molecule has 0 amide bonds. The summed E-state index contributed by atoms with van der Waals surface area (Å²) in [5, 5.41) is 10.3. The maximum absolute atomic E-state index is 9.69. The lowest BCUT2D eigenvalue weighted by Gasteiger charge is -2.25. The van der Waals surface area contributed by atoms with Gasteiger partial charge in [0.2, 0.25) is 0 Å². The molecule has 2 aromatic carbocycles. The molecule has 0 aliphatic rings. The number of benzene rings is 2. The van der Waals surface area contributed by atoms with E-state index in [4.69, 9.17) is 11.6 Å². The van der Waals surface area contributed by atoms with E-state index in [0.717, 1.165) is 36.3 Å². The van der Waals surface area contributed by atoms with E-state index in [1.165, 1.54) is 0 Å². The van der Waals surface area contributed by atoms with Crippen molar-refractivity contribution in [2.45, 2.75) is 32.8 Å². The predicted molar refractivity (Wildman–Crippen MR) is 90.4 cm³/mol. The van der Waals surface area contributed by atoms with Gasteiger partial charge in [-0.05, 0) is 43.2 Å². The van der Waals surface area contributed by atoms with Gasteiger partial charge in [-0.2, -0.15) is 0 Å². The summed E-state index contributed by atoms with van der Waals surface area (Å²) in [5.41, 5.74) is 2.99. The Hall–Kier alpha value is -1.51. The van der Waals surface area contributed by atoms with Gasteiger partial charge in [-0.15, -0.1) is 0 Å². The summed E-state index contributed by atoms with van der Waals surface area (Å²) in [4.78, 5) is 2.27. The van der Waals surface area contributed by atoms with E-state index in [1.807, 2.05) is 36.4 Å². The van der Waals surface area contributed by atoms with Gasteiger partial charge in [0.25, 0.3) is 0 Å². The minimum atomic E-state index is -0.549. The monoisotopic (exact) mass is 303 g/mol. The summed E-state index contributed by atoms with van der Waals surface area (Å²) in [5.74, 6) is 0. The maximum Gasteiger partial charge on any atom is 0.0776 e. The van der Waals surface area contributed by atoms with Crippen LogP contribution in [0.5, 0.6) is 0 Å². The van der Waals surface area contributed by atoms with Crippen molar-refractivity contribution in [1.82, 2.24) is 0 Å². The second-order valence-electron chi connectivity index (χ2n) is 5.22. The van der Waals surface area contributed by atoms with Crippen LogP contribution in [0.4, 0.5) is 11.4 Å². The average Bonchev–Trinajstić information content (AvgIpc) is 2.48. The number of para-hydroxylation sites is 1. The second-order valence-corrected chi connectivity index (χ2v) is 5.63. The van der Waals surface area contributed by atoms with E-state index >= 15 is 0 Å². The standard InChI is InChI=1S/C18H22ClNO/c1-3-4-12-20(15-8-6-5-7-9-15)16-10-11-17(14(2)21)18(19)13-16/h5-11,13-14,21H,3-4,12H2,1-2H3. The lowest BCUT2D eigenvalue weighted by Crippen LogP contribution is -2.18. The molecule has 1 N–H and O–H groups in total. The van der Waals surface area contributed by atoms with Crippen molar-refractivity contribution in [1.29, 1.82) is 0 Å². The highest BCUT2D eigenvalue weighted by Crippen LogP contribution is 2.31. The lowest BCUT2D eigenvalue weighted by molar-refractivity contribution is 0.199. The first-order valence-corrected chi connectivity index (χ1v) is 7.81. The highest BCUT2D eigenvalue weighted by molar-refractivity contribution is 6.31. The van der Waals surface area contributed by atoms with Gasteiger partial charge in [-0.1, -0.05) is 49.2 Å². The third-order valence-electron chi connectivity index (χ3n) is 3.55. The molecule has 2 aromatic rings. The van der Waals surface area contributed by atoms with Gasteiger partial charge >= 0.3 is 0 Å². The van der Waals surface area contributed by atoms with Gasteiger partial charge < -0.3 is 10.0 Å². The van der Waals surface area contributed by atoms with Crippen LogP contribution in [-0.2, 0) is 0 Å². The molecule has 0 heterocycles. The molecular weight excluding hydrogens is 282 g/mol. The van der Waals surface area contributed by atoms with Crippen molar-refractivity contribution >= 4 is 23.0 Å². The fourth-order valence-electron chi connectivity index (χ4n) is 2.35. The van der Waals surface area contributed by atoms with Crippen molar-refractivity contribution in [2.75, 3.05) is 11.4 Å². The Balaban J connectivity index is 2.35. The van der Waals surface area contributed by atoms with Gasteiger partial charge in [0.1, 0.15) is 0 Å². The van der Waals surface area contributed by atoms with Crippen LogP contribution >= 0.6 is 11.6 Å². The van der Waals surface area contributed by atoms with Crippen molar-refractivity contribution < 1.29 is 5.11 Å². The number of rotatable bonds is 6. The minimum Gasteiger partial charge on any atom is -0.389 e. The molecule has 112 valence electrons. The van der Waals surface area contributed by atoms with Crippen LogP contribution < -0.4 is 4.90 Å². The first-order chi connectivity index (χ1) is 10.1. The van der Waals surface area contributed by atoms with E-state index in [9.17, 15) is 5.11 Å². The van der Waals surface area contributed by atoms with Gasteiger partial charge in [-0.25, -0.2) is 0 Å². The summed E-state index contributed by atoms with van der Waals surface area (Å²) in [6.45, 7) is 4.87. The lowest BCUT2D eigenvalue weighted by atomic mass is 10.1. The predicted octanol–water partition coefficient (Wildman–Crippen LogP) is 5.33. The van der Waals surface area contributed by atoms with E-state index in [-0.39, 0.29) is 0 Å². The molecule has 0 radical (unpaired) electrons. The largest absolute Gasteiger partial charge is 0.389 e. The summed E-state index contributed by atoms with van der Waals surface area (Å²) >= 11 is 6.30. The van der Waals surface area contributed by atoms with Crippen LogP contribution in [0.2, 0.25) is 5.02 Å². The molecule has 3 heteroatoms. The molecule has 0 saturated carbocycles. The molecule has 0 fully saturated rings. The molecule has 1 unspecified atom stereocenters. The number of aliphatic hydroxyl groups excluding tert-OH is 1. The molecule has 0 spiro atoms. The number of hydrogen-bond acceptors (Lipinski definition) is 2. The third kappa shape index (κ3) is 3.99. The average molecular weight is 304 g/mol. The highest BCUT2D eigenvalue weighted by atomic mass is 35.5. The topological polar surface area (TPSA) is 23.5 Å². The van der Waals surface area contributed by atoms with E-state index in [1.54, 1.807) is 6.92 Å². The number of anilines is 2. The molecule has 0 aliphatic heterocycles. The van der Waals surface area contributed by atoms with E-state index in [2.05, 4.69) is 24.0 Å². The Morgan fingerprint density at radius 3 is 2.38 bits per heavy atom. The molecule has 0 bridgehead atoms. The number of nitrogens with zero attached hydrogens (tertiary/aromatic N) is 1. The maximum atomic E-state index is 9.69. The minimum absolute atomic E-state index is 0.549. The highest BCUT2D eigenvalue weighted by Gasteiger charge is 2.12. The Morgan fingerprint density at radius 2 is 1.81 bits per heavy atom. The smallest absolute Gasteiger partial charge is 0.0776 e. The Kier molecular flexibility index (Phi) is 5.66.